The average molecular weight is 345 g/mol. The van der Waals surface area contributed by atoms with Crippen molar-refractivity contribution in [3.63, 3.8) is 0 Å². The molecule has 2 aliphatic rings. The zero-order valence-corrected chi connectivity index (χ0v) is 15.0. The first-order valence-electron chi connectivity index (χ1n) is 9.13. The Balaban J connectivity index is 1.59. The lowest BCUT2D eigenvalue weighted by Crippen LogP contribution is -2.37. The van der Waals surface area contributed by atoms with E-state index in [4.69, 9.17) is 4.74 Å². The molecule has 1 aromatic carbocycles. The Morgan fingerprint density at radius 3 is 2.64 bits per heavy atom. The largest absolute Gasteiger partial charge is 0.493 e. The van der Waals surface area contributed by atoms with Crippen molar-refractivity contribution >= 4 is 11.9 Å². The number of aliphatic carboxylic acids is 1. The first-order chi connectivity index (χ1) is 11.9. The van der Waals surface area contributed by atoms with Crippen LogP contribution in [-0.2, 0) is 16.0 Å². The maximum Gasteiger partial charge on any atom is 0.311 e. The van der Waals surface area contributed by atoms with Crippen LogP contribution in [0, 0.1) is 17.3 Å². The maximum absolute atomic E-state index is 12.6. The van der Waals surface area contributed by atoms with Gasteiger partial charge in [-0.25, -0.2) is 0 Å². The second kappa shape index (κ2) is 7.06. The molecule has 1 aliphatic carbocycles. The fourth-order valence-electron chi connectivity index (χ4n) is 4.08. The molecular weight excluding hydrogens is 318 g/mol. The van der Waals surface area contributed by atoms with Crippen LogP contribution in [0.15, 0.2) is 24.3 Å². The fourth-order valence-corrected chi connectivity index (χ4v) is 4.08. The molecule has 5 nitrogen and oxygen atoms in total. The van der Waals surface area contributed by atoms with E-state index < -0.39 is 11.4 Å². The minimum absolute atomic E-state index is 0.0193. The number of nitrogens with zero attached hydrogens (tertiary/aromatic N) is 1. The highest BCUT2D eigenvalue weighted by atomic mass is 16.5. The number of rotatable bonds is 6. The minimum atomic E-state index is -0.739. The summed E-state index contributed by atoms with van der Waals surface area (Å²) in [6.07, 6.45) is 2.88. The van der Waals surface area contributed by atoms with Gasteiger partial charge in [0.25, 0.3) is 0 Å². The molecule has 1 saturated carbocycles. The van der Waals surface area contributed by atoms with E-state index in [1.165, 1.54) is 0 Å². The number of ether oxygens (including phenoxy) is 1. The van der Waals surface area contributed by atoms with Gasteiger partial charge in [0.2, 0.25) is 5.91 Å². The highest BCUT2D eigenvalue weighted by Crippen LogP contribution is 2.48. The first kappa shape index (κ1) is 17.8. The van der Waals surface area contributed by atoms with Crippen LogP contribution in [0.2, 0.25) is 0 Å². The fraction of sp³-hybridized carbons (Fsp3) is 0.600. The standard InChI is InChI=1S/C20H27NO4/c1-14(2)12-25-17-7-5-15(6-8-17)10-18(22)21-11-16-4-3-9-20(16,13-21)19(23)24/h5-8,14,16H,3-4,9-13H2,1-2H3,(H,23,24)/t16-,20+/m0/s1. The third kappa shape index (κ3) is 3.65. The van der Waals surface area contributed by atoms with Crippen molar-refractivity contribution in [2.45, 2.75) is 39.5 Å². The van der Waals surface area contributed by atoms with Crippen LogP contribution in [0.3, 0.4) is 0 Å². The Morgan fingerprint density at radius 1 is 1.32 bits per heavy atom. The highest BCUT2D eigenvalue weighted by Gasteiger charge is 2.55. The van der Waals surface area contributed by atoms with E-state index in [2.05, 4.69) is 13.8 Å². The van der Waals surface area contributed by atoms with Gasteiger partial charge < -0.3 is 14.7 Å². The van der Waals surface area contributed by atoms with Crippen molar-refractivity contribution in [3.05, 3.63) is 29.8 Å². The molecule has 0 radical (unpaired) electrons. The van der Waals surface area contributed by atoms with E-state index in [0.29, 0.717) is 38.5 Å². The second-order valence-corrected chi connectivity index (χ2v) is 7.85. The number of fused-ring (bicyclic) bond motifs is 1. The zero-order valence-electron chi connectivity index (χ0n) is 15.0. The summed E-state index contributed by atoms with van der Waals surface area (Å²) < 4.78 is 5.66. The number of benzene rings is 1. The summed E-state index contributed by atoms with van der Waals surface area (Å²) in [5.41, 5.74) is 0.229. The van der Waals surface area contributed by atoms with Crippen molar-refractivity contribution < 1.29 is 19.4 Å². The third-order valence-corrected chi connectivity index (χ3v) is 5.51. The molecule has 0 unspecified atom stereocenters. The molecule has 1 aliphatic heterocycles. The Kier molecular flexibility index (Phi) is 5.02. The maximum atomic E-state index is 12.6. The van der Waals surface area contributed by atoms with E-state index in [9.17, 15) is 14.7 Å². The monoisotopic (exact) mass is 345 g/mol. The van der Waals surface area contributed by atoms with Crippen LogP contribution >= 0.6 is 0 Å². The van der Waals surface area contributed by atoms with Crippen LogP contribution in [0.5, 0.6) is 5.75 Å². The lowest BCUT2D eigenvalue weighted by Gasteiger charge is -2.23. The Hall–Kier alpha value is -2.04. The van der Waals surface area contributed by atoms with Gasteiger partial charge in [0.1, 0.15) is 5.75 Å². The topological polar surface area (TPSA) is 66.8 Å². The summed E-state index contributed by atoms with van der Waals surface area (Å²) in [6.45, 7) is 5.82. The van der Waals surface area contributed by atoms with Gasteiger partial charge >= 0.3 is 5.97 Å². The normalized spacial score (nSPS) is 25.2. The molecule has 2 atom stereocenters. The number of amides is 1. The molecule has 0 bridgehead atoms. The number of carboxylic acids is 1. The lowest BCUT2D eigenvalue weighted by atomic mass is 9.81. The van der Waals surface area contributed by atoms with Gasteiger partial charge in [-0.2, -0.15) is 0 Å². The number of carboxylic acid groups (broad SMARTS) is 1. The summed E-state index contributed by atoms with van der Waals surface area (Å²) in [7, 11) is 0. The van der Waals surface area contributed by atoms with E-state index in [0.717, 1.165) is 24.2 Å². The van der Waals surface area contributed by atoms with E-state index in [1.54, 1.807) is 4.90 Å². The molecule has 5 heteroatoms. The lowest BCUT2D eigenvalue weighted by molar-refractivity contribution is -0.149. The van der Waals surface area contributed by atoms with E-state index in [1.807, 2.05) is 24.3 Å². The number of likely N-dealkylation sites (tertiary alicyclic amines) is 1. The van der Waals surface area contributed by atoms with Gasteiger partial charge in [0, 0.05) is 13.1 Å². The summed E-state index contributed by atoms with van der Waals surface area (Å²) in [5, 5.41) is 9.63. The van der Waals surface area contributed by atoms with Crippen LogP contribution in [0.4, 0.5) is 0 Å². The van der Waals surface area contributed by atoms with Crippen molar-refractivity contribution in [1.82, 2.24) is 4.90 Å². The predicted octanol–water partition coefficient (Wildman–Crippen LogP) is 2.98. The minimum Gasteiger partial charge on any atom is -0.493 e. The van der Waals surface area contributed by atoms with Crippen LogP contribution in [-0.4, -0.2) is 41.6 Å². The SMILES string of the molecule is CC(C)COc1ccc(CC(=O)N2C[C@@H]3CCC[C@@]3(C(=O)O)C2)cc1. The van der Waals surface area contributed by atoms with Gasteiger partial charge in [0.15, 0.2) is 0 Å². The highest BCUT2D eigenvalue weighted by molar-refractivity contribution is 5.82. The van der Waals surface area contributed by atoms with Crippen molar-refractivity contribution in [2.75, 3.05) is 19.7 Å². The summed E-state index contributed by atoms with van der Waals surface area (Å²) in [5.74, 6) is 0.673. The first-order valence-corrected chi connectivity index (χ1v) is 9.13. The number of carbonyl (C=O) groups excluding carboxylic acids is 1. The molecule has 1 heterocycles. The quantitative estimate of drug-likeness (QED) is 0.861. The van der Waals surface area contributed by atoms with Crippen LogP contribution < -0.4 is 4.74 Å². The molecule has 3 rings (SSSR count). The van der Waals surface area contributed by atoms with Crippen molar-refractivity contribution in [2.24, 2.45) is 17.3 Å². The van der Waals surface area contributed by atoms with Gasteiger partial charge in [-0.05, 0) is 42.4 Å². The molecular formula is C20H27NO4. The third-order valence-electron chi connectivity index (χ3n) is 5.51. The van der Waals surface area contributed by atoms with Gasteiger partial charge in [-0.1, -0.05) is 32.4 Å². The zero-order chi connectivity index (χ0) is 18.0. The van der Waals surface area contributed by atoms with E-state index in [-0.39, 0.29) is 11.8 Å². The van der Waals surface area contributed by atoms with Crippen molar-refractivity contribution in [3.8, 4) is 5.75 Å². The summed E-state index contributed by atoms with van der Waals surface area (Å²) in [6, 6.07) is 7.61. The van der Waals surface area contributed by atoms with Gasteiger partial charge in [-0.15, -0.1) is 0 Å². The number of carbonyl (C=O) groups is 2. The molecule has 1 aromatic rings. The van der Waals surface area contributed by atoms with Gasteiger partial charge in [-0.3, -0.25) is 9.59 Å². The van der Waals surface area contributed by atoms with Gasteiger partial charge in [0.05, 0.1) is 18.4 Å². The molecule has 0 aromatic heterocycles. The predicted molar refractivity (Wildman–Crippen MR) is 94.5 cm³/mol. The summed E-state index contributed by atoms with van der Waals surface area (Å²) in [4.78, 5) is 26.1. The molecule has 2 fully saturated rings. The summed E-state index contributed by atoms with van der Waals surface area (Å²) >= 11 is 0. The van der Waals surface area contributed by atoms with E-state index >= 15 is 0 Å². The molecule has 0 spiro atoms. The molecule has 25 heavy (non-hydrogen) atoms. The van der Waals surface area contributed by atoms with Crippen LogP contribution in [0.25, 0.3) is 0 Å². The molecule has 1 amide bonds. The Bertz CT molecular complexity index is 640. The Labute approximate surface area is 149 Å². The average Bonchev–Trinajstić information content (AvgIpc) is 3.12. The number of hydrogen-bond donors (Lipinski definition) is 1. The molecule has 136 valence electrons. The molecule has 1 N–H and O–H groups in total. The number of hydrogen-bond acceptors (Lipinski definition) is 3. The smallest absolute Gasteiger partial charge is 0.311 e. The second-order valence-electron chi connectivity index (χ2n) is 7.85. The molecule has 1 saturated heterocycles. The van der Waals surface area contributed by atoms with Crippen LogP contribution in [0.1, 0.15) is 38.7 Å². The Morgan fingerprint density at radius 2 is 2.04 bits per heavy atom. The van der Waals surface area contributed by atoms with Crippen molar-refractivity contribution in [1.29, 1.82) is 0 Å².